The molecule has 1 fully saturated rings. The summed E-state index contributed by atoms with van der Waals surface area (Å²) in [6, 6.07) is 6.47. The van der Waals surface area contributed by atoms with Crippen molar-refractivity contribution in [3.8, 4) is 0 Å². The summed E-state index contributed by atoms with van der Waals surface area (Å²) < 4.78 is 10.5. The monoisotopic (exact) mass is 441 g/mol. The Bertz CT molecular complexity index is 726. The number of hydrogen-bond acceptors (Lipinski definition) is 6. The average molecular weight is 442 g/mol. The number of esters is 1. The molecule has 27 heavy (non-hydrogen) atoms. The van der Waals surface area contributed by atoms with E-state index in [-0.39, 0.29) is 25.4 Å². The van der Waals surface area contributed by atoms with Gasteiger partial charge in [0.1, 0.15) is 0 Å². The van der Waals surface area contributed by atoms with Crippen LogP contribution in [0.3, 0.4) is 0 Å². The van der Waals surface area contributed by atoms with Gasteiger partial charge in [-0.15, -0.1) is 0 Å². The van der Waals surface area contributed by atoms with Crippen molar-refractivity contribution in [2.24, 2.45) is 5.92 Å². The number of rotatable bonds is 7. The molecule has 0 aliphatic carbocycles. The Kier molecular flexibility index (Phi) is 7.74. The van der Waals surface area contributed by atoms with E-state index in [1.807, 2.05) is 11.4 Å². The molecule has 1 atom stereocenters. The Balaban J connectivity index is 1.79. The van der Waals surface area contributed by atoms with Gasteiger partial charge < -0.3 is 19.7 Å². The summed E-state index contributed by atoms with van der Waals surface area (Å²) in [5, 5.41) is 4.43. The van der Waals surface area contributed by atoms with E-state index in [4.69, 9.17) is 9.47 Å². The van der Waals surface area contributed by atoms with E-state index in [1.165, 1.54) is 12.0 Å². The largest absolute Gasteiger partial charge is 0.455 e. The van der Waals surface area contributed by atoms with Gasteiger partial charge in [0.25, 0.3) is 5.91 Å². The summed E-state index contributed by atoms with van der Waals surface area (Å²) in [6.45, 7) is 0.122. The van der Waals surface area contributed by atoms with Gasteiger partial charge in [-0.2, -0.15) is 0 Å². The first-order chi connectivity index (χ1) is 12.9. The van der Waals surface area contributed by atoms with Crippen molar-refractivity contribution < 1.29 is 28.7 Å². The van der Waals surface area contributed by atoms with Gasteiger partial charge in [-0.05, 0) is 18.2 Å². The second-order valence-electron chi connectivity index (χ2n) is 5.79. The zero-order chi connectivity index (χ0) is 19.8. The van der Waals surface area contributed by atoms with Gasteiger partial charge in [0.15, 0.2) is 6.61 Å². The number of ether oxygens (including phenoxy) is 2. The normalized spacial score (nSPS) is 16.1. The summed E-state index contributed by atoms with van der Waals surface area (Å²) in [4.78, 5) is 48.8. The number of benzene rings is 1. The minimum atomic E-state index is -0.758. The molecule has 1 saturated heterocycles. The topological polar surface area (TPSA) is 114 Å². The lowest BCUT2D eigenvalue weighted by Gasteiger charge is -2.16. The Morgan fingerprint density at radius 2 is 2.11 bits per heavy atom. The Morgan fingerprint density at radius 1 is 1.33 bits per heavy atom. The summed E-state index contributed by atoms with van der Waals surface area (Å²) in [6.07, 6.45) is 0.00443. The molecule has 0 radical (unpaired) electrons. The molecular formula is C17H20BrN3O6. The number of carbonyl (C=O) groups is 4. The van der Waals surface area contributed by atoms with Crippen LogP contribution in [-0.4, -0.2) is 57.2 Å². The van der Waals surface area contributed by atoms with Crippen molar-refractivity contribution in [3.05, 3.63) is 28.7 Å². The Labute approximate surface area is 164 Å². The number of nitrogens with one attached hydrogen (secondary N) is 2. The van der Waals surface area contributed by atoms with Gasteiger partial charge in [-0.3, -0.25) is 19.7 Å². The number of anilines is 1. The molecule has 1 heterocycles. The Morgan fingerprint density at radius 3 is 2.81 bits per heavy atom. The van der Waals surface area contributed by atoms with E-state index in [2.05, 4.69) is 21.2 Å². The molecule has 0 aromatic heterocycles. The quantitative estimate of drug-likeness (QED) is 0.478. The number of nitrogens with zero attached hydrogens (tertiary/aromatic N) is 1. The predicted molar refractivity (Wildman–Crippen MR) is 99.0 cm³/mol. The van der Waals surface area contributed by atoms with Gasteiger partial charge in [-0.25, -0.2) is 4.79 Å². The zero-order valence-corrected chi connectivity index (χ0v) is 16.3. The highest BCUT2D eigenvalue weighted by Gasteiger charge is 2.36. The number of hydrogen-bond donors (Lipinski definition) is 2. The minimum absolute atomic E-state index is 0.00443. The molecule has 2 rings (SSSR count). The highest BCUT2D eigenvalue weighted by molar-refractivity contribution is 9.10. The molecule has 0 saturated carbocycles. The lowest BCUT2D eigenvalue weighted by atomic mass is 10.1. The van der Waals surface area contributed by atoms with Crippen LogP contribution in [0.4, 0.5) is 10.5 Å². The van der Waals surface area contributed by atoms with Gasteiger partial charge in [0, 0.05) is 36.8 Å². The van der Waals surface area contributed by atoms with Gasteiger partial charge in [0.05, 0.1) is 12.5 Å². The predicted octanol–water partition coefficient (Wildman–Crippen LogP) is 0.817. The molecule has 0 unspecified atom stereocenters. The van der Waals surface area contributed by atoms with Crippen molar-refractivity contribution in [1.29, 1.82) is 0 Å². The first-order valence-electron chi connectivity index (χ1n) is 8.20. The van der Waals surface area contributed by atoms with Gasteiger partial charge >= 0.3 is 12.0 Å². The van der Waals surface area contributed by atoms with E-state index < -0.39 is 30.4 Å². The van der Waals surface area contributed by atoms with Crippen LogP contribution < -0.4 is 15.5 Å². The molecule has 1 aromatic carbocycles. The molecule has 1 aliphatic rings. The third-order valence-corrected chi connectivity index (χ3v) is 4.26. The minimum Gasteiger partial charge on any atom is -0.455 e. The summed E-state index contributed by atoms with van der Waals surface area (Å²) in [5.41, 5.74) is 0.676. The summed E-state index contributed by atoms with van der Waals surface area (Å²) >= 11 is 3.34. The third kappa shape index (κ3) is 6.33. The van der Waals surface area contributed by atoms with E-state index in [1.54, 1.807) is 18.2 Å². The van der Waals surface area contributed by atoms with E-state index in [0.717, 1.165) is 4.47 Å². The number of imide groups is 1. The van der Waals surface area contributed by atoms with E-state index in [0.29, 0.717) is 12.3 Å². The average Bonchev–Trinajstić information content (AvgIpc) is 3.02. The fourth-order valence-corrected chi connectivity index (χ4v) is 2.87. The fourth-order valence-electron chi connectivity index (χ4n) is 2.49. The molecule has 2 N–H and O–H groups in total. The molecule has 0 spiro atoms. The summed E-state index contributed by atoms with van der Waals surface area (Å²) in [5.74, 6) is -2.28. The van der Waals surface area contributed by atoms with Gasteiger partial charge in [0.2, 0.25) is 5.91 Å². The van der Waals surface area contributed by atoms with Crippen molar-refractivity contribution in [2.45, 2.75) is 6.42 Å². The molecule has 4 amide bonds. The van der Waals surface area contributed by atoms with Crippen molar-refractivity contribution in [2.75, 3.05) is 38.3 Å². The van der Waals surface area contributed by atoms with Crippen molar-refractivity contribution in [1.82, 2.24) is 10.6 Å². The smallest absolute Gasteiger partial charge is 0.321 e. The number of carbonyl (C=O) groups excluding carboxylic acids is 4. The SMILES string of the molecule is COCCNC(=O)NC(=O)COC(=O)[C@H]1CC(=O)N(c2cccc(Br)c2)C1. The maximum atomic E-state index is 12.2. The van der Waals surface area contributed by atoms with E-state index >= 15 is 0 Å². The maximum Gasteiger partial charge on any atom is 0.321 e. The molecule has 10 heteroatoms. The highest BCUT2D eigenvalue weighted by atomic mass is 79.9. The first-order valence-corrected chi connectivity index (χ1v) is 8.99. The van der Waals surface area contributed by atoms with Crippen molar-refractivity contribution in [3.63, 3.8) is 0 Å². The van der Waals surface area contributed by atoms with Crippen LogP contribution in [0.25, 0.3) is 0 Å². The number of halogens is 1. The summed E-state index contributed by atoms with van der Waals surface area (Å²) in [7, 11) is 1.48. The van der Waals surface area contributed by atoms with Crippen LogP contribution in [0.1, 0.15) is 6.42 Å². The molecular weight excluding hydrogens is 422 g/mol. The fraction of sp³-hybridized carbons (Fsp3) is 0.412. The number of methoxy groups -OCH3 is 1. The van der Waals surface area contributed by atoms with Crippen LogP contribution in [-0.2, 0) is 23.9 Å². The van der Waals surface area contributed by atoms with Crippen LogP contribution >= 0.6 is 15.9 Å². The lowest BCUT2D eigenvalue weighted by Crippen LogP contribution is -2.42. The maximum absolute atomic E-state index is 12.2. The second-order valence-corrected chi connectivity index (χ2v) is 6.71. The number of urea groups is 1. The Hall–Kier alpha value is -2.46. The molecule has 146 valence electrons. The molecule has 9 nitrogen and oxygen atoms in total. The standard InChI is InChI=1S/C17H20BrN3O6/c1-26-6-5-19-17(25)20-14(22)10-27-16(24)11-7-15(23)21(9-11)13-4-2-3-12(18)8-13/h2-4,8,11H,5-7,9-10H2,1H3,(H2,19,20,22,25)/t11-/m0/s1. The van der Waals surface area contributed by atoms with E-state index in [9.17, 15) is 19.2 Å². The zero-order valence-electron chi connectivity index (χ0n) is 14.7. The van der Waals surface area contributed by atoms with Crippen LogP contribution in [0.2, 0.25) is 0 Å². The third-order valence-electron chi connectivity index (χ3n) is 3.77. The molecule has 0 bridgehead atoms. The van der Waals surface area contributed by atoms with Crippen LogP contribution in [0.5, 0.6) is 0 Å². The lowest BCUT2D eigenvalue weighted by molar-refractivity contribution is -0.152. The van der Waals surface area contributed by atoms with Gasteiger partial charge in [-0.1, -0.05) is 22.0 Å². The van der Waals surface area contributed by atoms with Crippen LogP contribution in [0.15, 0.2) is 28.7 Å². The number of amides is 4. The van der Waals surface area contributed by atoms with Crippen molar-refractivity contribution >= 4 is 45.4 Å². The van der Waals surface area contributed by atoms with Crippen LogP contribution in [0, 0.1) is 5.92 Å². The highest BCUT2D eigenvalue weighted by Crippen LogP contribution is 2.27. The molecule has 1 aliphatic heterocycles. The second kappa shape index (κ2) is 10.0. The molecule has 1 aromatic rings. The first kappa shape index (κ1) is 20.8.